The molecule has 3 aliphatic rings. The van der Waals surface area contributed by atoms with Gasteiger partial charge in [-0.2, -0.15) is 0 Å². The number of aliphatic hydroxyl groups is 2. The summed E-state index contributed by atoms with van der Waals surface area (Å²) in [5.74, 6) is 0. The predicted molar refractivity (Wildman–Crippen MR) is 106 cm³/mol. The lowest BCUT2D eigenvalue weighted by Crippen LogP contribution is -2.49. The molecule has 0 radical (unpaired) electrons. The summed E-state index contributed by atoms with van der Waals surface area (Å²) in [4.78, 5) is 16.1. The summed E-state index contributed by atoms with van der Waals surface area (Å²) in [6.07, 6.45) is 7.16. The Morgan fingerprint density at radius 2 is 1.96 bits per heavy atom. The first-order valence-corrected chi connectivity index (χ1v) is 9.95. The van der Waals surface area contributed by atoms with Crippen LogP contribution in [-0.4, -0.2) is 57.6 Å². The van der Waals surface area contributed by atoms with E-state index in [0.717, 1.165) is 29.5 Å². The lowest BCUT2D eigenvalue weighted by Gasteiger charge is -2.41. The monoisotopic (exact) mass is 384 g/mol. The first kappa shape index (κ1) is 19.0. The van der Waals surface area contributed by atoms with Crippen LogP contribution in [0.15, 0.2) is 42.6 Å². The van der Waals surface area contributed by atoms with Crippen LogP contribution in [-0.2, 0) is 4.74 Å². The van der Waals surface area contributed by atoms with Crippen LogP contribution in [0.3, 0.4) is 0 Å². The molecule has 1 aromatic rings. The Morgan fingerprint density at radius 1 is 1.21 bits per heavy atom. The molecule has 2 heterocycles. The highest BCUT2D eigenvalue weighted by Gasteiger charge is 2.46. The van der Waals surface area contributed by atoms with Crippen molar-refractivity contribution in [3.05, 3.63) is 53.7 Å². The minimum absolute atomic E-state index is 0.0853. The van der Waals surface area contributed by atoms with Gasteiger partial charge in [0.2, 0.25) is 0 Å². The average Bonchev–Trinajstić information content (AvgIpc) is 3.03. The lowest BCUT2D eigenvalue weighted by atomic mass is 9.94. The lowest BCUT2D eigenvalue weighted by molar-refractivity contribution is -0.0572. The molecule has 6 nitrogen and oxygen atoms in total. The van der Waals surface area contributed by atoms with Gasteiger partial charge in [-0.15, -0.1) is 0 Å². The van der Waals surface area contributed by atoms with Crippen molar-refractivity contribution in [3.8, 4) is 0 Å². The normalized spacial score (nSPS) is 31.1. The van der Waals surface area contributed by atoms with Gasteiger partial charge in [-0.25, -0.2) is 4.79 Å². The highest BCUT2D eigenvalue weighted by atomic mass is 16.6. The van der Waals surface area contributed by atoms with Crippen LogP contribution in [0.1, 0.15) is 49.8 Å². The fraction of sp³-hybridized carbons (Fsp3) is 0.500. The number of carbonyl (C=O) groups excluding carboxylic acids is 1. The summed E-state index contributed by atoms with van der Waals surface area (Å²) >= 11 is 0. The second kappa shape index (κ2) is 7.26. The van der Waals surface area contributed by atoms with Gasteiger partial charge >= 0.3 is 6.09 Å². The molecule has 2 fully saturated rings. The molecule has 6 heteroatoms. The van der Waals surface area contributed by atoms with Gasteiger partial charge in [-0.1, -0.05) is 24.3 Å². The second-order valence-corrected chi connectivity index (χ2v) is 8.21. The number of rotatable bonds is 3. The van der Waals surface area contributed by atoms with Crippen molar-refractivity contribution in [2.75, 3.05) is 13.6 Å². The maximum absolute atomic E-state index is 12.6. The fourth-order valence-corrected chi connectivity index (χ4v) is 4.39. The molecule has 150 valence electrons. The molecular formula is C22H28N2O4. The summed E-state index contributed by atoms with van der Waals surface area (Å²) in [5, 5.41) is 19.8. The third kappa shape index (κ3) is 3.54. The zero-order chi connectivity index (χ0) is 19.9. The molecule has 0 aromatic heterocycles. The number of amides is 1. The van der Waals surface area contributed by atoms with E-state index in [1.54, 1.807) is 9.80 Å². The summed E-state index contributed by atoms with van der Waals surface area (Å²) in [6.45, 7) is 2.65. The summed E-state index contributed by atoms with van der Waals surface area (Å²) in [7, 11) is 1.83. The van der Waals surface area contributed by atoms with Crippen LogP contribution < -0.4 is 0 Å². The van der Waals surface area contributed by atoms with Crippen LogP contribution in [0.5, 0.6) is 0 Å². The average molecular weight is 384 g/mol. The van der Waals surface area contributed by atoms with E-state index in [1.807, 2.05) is 56.6 Å². The van der Waals surface area contributed by atoms with Crippen molar-refractivity contribution in [1.29, 1.82) is 0 Å². The standard InChI is InChI=1S/C22H28N2O4/c1-15(24-12-10-22(28-21(24)27)9-7-19(25)14-22)16-3-5-17(6-4-16)18-8-11-23(2)20(26)13-18/h3-6,8,11,13,15,19-20,25-26H,7,9-10,12,14H2,1-2H3. The molecule has 1 aromatic carbocycles. The molecule has 1 spiro atoms. The first-order valence-electron chi connectivity index (χ1n) is 9.95. The zero-order valence-corrected chi connectivity index (χ0v) is 16.4. The van der Waals surface area contributed by atoms with Crippen LogP contribution in [0, 0.1) is 0 Å². The van der Waals surface area contributed by atoms with E-state index in [2.05, 4.69) is 0 Å². The van der Waals surface area contributed by atoms with E-state index in [-0.39, 0.29) is 18.2 Å². The van der Waals surface area contributed by atoms with Gasteiger partial charge in [0, 0.05) is 32.6 Å². The van der Waals surface area contributed by atoms with Gasteiger partial charge in [0.05, 0.1) is 12.1 Å². The van der Waals surface area contributed by atoms with Crippen LogP contribution >= 0.6 is 0 Å². The molecule has 4 atom stereocenters. The molecule has 1 aliphatic carbocycles. The quantitative estimate of drug-likeness (QED) is 0.838. The molecule has 1 amide bonds. The number of hydrogen-bond acceptors (Lipinski definition) is 5. The van der Waals surface area contributed by atoms with Crippen LogP contribution in [0.2, 0.25) is 0 Å². The maximum Gasteiger partial charge on any atom is 0.410 e. The van der Waals surface area contributed by atoms with Gasteiger partial charge in [0.1, 0.15) is 11.8 Å². The van der Waals surface area contributed by atoms with Crippen molar-refractivity contribution < 1.29 is 19.7 Å². The number of hydrogen-bond donors (Lipinski definition) is 2. The Kier molecular flexibility index (Phi) is 4.93. The molecular weight excluding hydrogens is 356 g/mol. The number of ether oxygens (including phenoxy) is 1. The Balaban J connectivity index is 1.44. The molecule has 0 bridgehead atoms. The molecule has 4 unspecified atom stereocenters. The number of likely N-dealkylation sites (N-methyl/N-ethyl adjacent to an activating group) is 1. The molecule has 2 N–H and O–H groups in total. The highest BCUT2D eigenvalue weighted by Crippen LogP contribution is 2.41. The Labute approximate surface area is 165 Å². The van der Waals surface area contributed by atoms with E-state index in [9.17, 15) is 15.0 Å². The summed E-state index contributed by atoms with van der Waals surface area (Å²) in [5.41, 5.74) is 2.58. The summed E-state index contributed by atoms with van der Waals surface area (Å²) in [6, 6.07) is 8.00. The van der Waals surface area contributed by atoms with Crippen LogP contribution in [0.25, 0.3) is 5.57 Å². The Hall–Kier alpha value is -2.31. The predicted octanol–water partition coefficient (Wildman–Crippen LogP) is 3.03. The topological polar surface area (TPSA) is 73.2 Å². The maximum atomic E-state index is 12.6. The molecule has 4 rings (SSSR count). The fourth-order valence-electron chi connectivity index (χ4n) is 4.39. The third-order valence-corrected chi connectivity index (χ3v) is 6.32. The summed E-state index contributed by atoms with van der Waals surface area (Å²) < 4.78 is 5.78. The number of aliphatic hydroxyl groups excluding tert-OH is 2. The minimum atomic E-state index is -0.622. The van der Waals surface area contributed by atoms with Gasteiger partial charge in [-0.05, 0) is 48.6 Å². The van der Waals surface area contributed by atoms with E-state index >= 15 is 0 Å². The largest absolute Gasteiger partial charge is 0.443 e. The van der Waals surface area contributed by atoms with E-state index in [1.165, 1.54) is 0 Å². The van der Waals surface area contributed by atoms with E-state index in [0.29, 0.717) is 19.4 Å². The van der Waals surface area contributed by atoms with Crippen molar-refractivity contribution in [2.24, 2.45) is 0 Å². The number of allylic oxidation sites excluding steroid dienone is 2. The van der Waals surface area contributed by atoms with Crippen molar-refractivity contribution in [1.82, 2.24) is 9.80 Å². The van der Waals surface area contributed by atoms with Crippen molar-refractivity contribution >= 4 is 11.7 Å². The van der Waals surface area contributed by atoms with Crippen molar-refractivity contribution in [2.45, 2.75) is 56.6 Å². The Morgan fingerprint density at radius 3 is 2.57 bits per heavy atom. The smallest absolute Gasteiger partial charge is 0.410 e. The molecule has 1 saturated heterocycles. The highest BCUT2D eigenvalue weighted by molar-refractivity contribution is 5.75. The molecule has 2 aliphatic heterocycles. The molecule has 1 saturated carbocycles. The SMILES string of the molecule is CC(c1ccc(C2=CC(O)N(C)C=C2)cc1)N1CCC2(CCC(O)C2)OC1=O. The van der Waals surface area contributed by atoms with Gasteiger partial charge < -0.3 is 24.7 Å². The first-order chi connectivity index (χ1) is 13.4. The minimum Gasteiger partial charge on any atom is -0.443 e. The van der Waals surface area contributed by atoms with Gasteiger partial charge in [-0.3, -0.25) is 0 Å². The number of carbonyl (C=O) groups is 1. The van der Waals surface area contributed by atoms with Gasteiger partial charge in [0.25, 0.3) is 0 Å². The number of benzene rings is 1. The van der Waals surface area contributed by atoms with Crippen molar-refractivity contribution in [3.63, 3.8) is 0 Å². The third-order valence-electron chi connectivity index (χ3n) is 6.32. The molecule has 28 heavy (non-hydrogen) atoms. The van der Waals surface area contributed by atoms with Crippen LogP contribution in [0.4, 0.5) is 4.79 Å². The van der Waals surface area contributed by atoms with Gasteiger partial charge in [0.15, 0.2) is 0 Å². The number of nitrogens with zero attached hydrogens (tertiary/aromatic N) is 2. The Bertz CT molecular complexity index is 803. The zero-order valence-electron chi connectivity index (χ0n) is 16.4. The second-order valence-electron chi connectivity index (χ2n) is 8.21. The van der Waals surface area contributed by atoms with E-state index < -0.39 is 11.8 Å². The van der Waals surface area contributed by atoms with E-state index in [4.69, 9.17) is 4.74 Å².